The van der Waals surface area contributed by atoms with Gasteiger partial charge in [0.2, 0.25) is 0 Å². The van der Waals surface area contributed by atoms with Crippen LogP contribution in [0.5, 0.6) is 0 Å². The second-order valence-corrected chi connectivity index (χ2v) is 6.97. The molecule has 0 aromatic heterocycles. The van der Waals surface area contributed by atoms with Gasteiger partial charge in [0, 0.05) is 0 Å². The fourth-order valence-electron chi connectivity index (χ4n) is 4.21. The van der Waals surface area contributed by atoms with Crippen molar-refractivity contribution in [2.45, 2.75) is 25.7 Å². The Morgan fingerprint density at radius 2 is 1.00 bits per heavy atom. The van der Waals surface area contributed by atoms with Gasteiger partial charge in [-0.1, -0.05) is 6.42 Å². The number of aliphatic carboxylic acids is 2. The van der Waals surface area contributed by atoms with E-state index in [0.717, 1.165) is 0 Å². The first-order valence-corrected chi connectivity index (χ1v) is 9.00. The van der Waals surface area contributed by atoms with Crippen molar-refractivity contribution in [3.05, 3.63) is 0 Å². The van der Waals surface area contributed by atoms with Crippen LogP contribution in [0.2, 0.25) is 0 Å². The van der Waals surface area contributed by atoms with Crippen molar-refractivity contribution in [3.63, 3.8) is 0 Å². The van der Waals surface area contributed by atoms with Crippen LogP contribution < -0.4 is 0 Å². The molecule has 2 saturated carbocycles. The molecule has 6 unspecified atom stereocenters. The van der Waals surface area contributed by atoms with Crippen molar-refractivity contribution in [3.8, 4) is 0 Å². The molecule has 172 valence electrons. The van der Waals surface area contributed by atoms with E-state index in [-0.39, 0.29) is 18.7 Å². The summed E-state index contributed by atoms with van der Waals surface area (Å²) in [5, 5.41) is 17.1. The Bertz CT molecular complexity index is 806. The molecule has 32 heavy (non-hydrogen) atoms. The maximum atomic E-state index is 11.4. The van der Waals surface area contributed by atoms with Gasteiger partial charge in [0.15, 0.2) is 0 Å². The normalized spacial score (nSPS) is 30.9. The van der Waals surface area contributed by atoms with E-state index >= 15 is 0 Å². The highest BCUT2D eigenvalue weighted by Crippen LogP contribution is 2.50. The zero-order valence-electron chi connectivity index (χ0n) is 16.1. The SMILES string of the molecule is O=C(O)C1CCCC1C(=O)O.O=C1OC(=O)C2C3CC1C2C(=O)OC3=O.O=C=O.O=C=O. The number of cyclic esters (lactones) is 4. The smallest absolute Gasteiger partial charge is 0.373 e. The zero-order valence-corrected chi connectivity index (χ0v) is 16.1. The number of carboxylic acids is 2. The lowest BCUT2D eigenvalue weighted by Gasteiger charge is -2.29. The van der Waals surface area contributed by atoms with E-state index in [9.17, 15) is 28.8 Å². The highest BCUT2D eigenvalue weighted by molar-refractivity contribution is 6.05. The van der Waals surface area contributed by atoms with Crippen molar-refractivity contribution in [2.75, 3.05) is 0 Å². The molecule has 14 heteroatoms. The Hall–Kier alpha value is -4.02. The summed E-state index contributed by atoms with van der Waals surface area (Å²) in [5.74, 6) is -9.21. The summed E-state index contributed by atoms with van der Waals surface area (Å²) in [6, 6.07) is 0. The Labute approximate surface area is 177 Å². The van der Waals surface area contributed by atoms with E-state index in [1.54, 1.807) is 0 Å². The average Bonchev–Trinajstić information content (AvgIpc) is 3.29. The number of rotatable bonds is 2. The van der Waals surface area contributed by atoms with Crippen molar-refractivity contribution in [1.82, 2.24) is 0 Å². The van der Waals surface area contributed by atoms with Crippen molar-refractivity contribution < 1.29 is 67.6 Å². The molecule has 0 aromatic carbocycles. The van der Waals surface area contributed by atoms with Crippen molar-refractivity contribution in [2.24, 2.45) is 35.5 Å². The maximum Gasteiger partial charge on any atom is 0.373 e. The molecule has 4 rings (SSSR count). The molecular formula is C18H16O14. The Balaban J connectivity index is 0.000000266. The lowest BCUT2D eigenvalue weighted by molar-refractivity contribution is -0.193. The molecule has 2 heterocycles. The Kier molecular flexibility index (Phi) is 9.26. The first kappa shape index (κ1) is 26.0. The predicted octanol–water partition coefficient (Wildman–Crippen LogP) is -1.57. The minimum absolute atomic E-state index is 0.185. The van der Waals surface area contributed by atoms with Crippen LogP contribution in [0, 0.1) is 35.5 Å². The summed E-state index contributed by atoms with van der Waals surface area (Å²) >= 11 is 0. The number of hydrogen-bond donors (Lipinski definition) is 2. The fourth-order valence-corrected chi connectivity index (χ4v) is 4.21. The van der Waals surface area contributed by atoms with E-state index in [0.29, 0.717) is 19.3 Å². The summed E-state index contributed by atoms with van der Waals surface area (Å²) in [6.45, 7) is 0. The van der Waals surface area contributed by atoms with Gasteiger partial charge in [-0.2, -0.15) is 19.2 Å². The average molecular weight is 456 g/mol. The second-order valence-electron chi connectivity index (χ2n) is 6.97. The predicted molar refractivity (Wildman–Crippen MR) is 86.9 cm³/mol. The quantitative estimate of drug-likeness (QED) is 0.353. The van der Waals surface area contributed by atoms with Crippen LogP contribution in [0.25, 0.3) is 0 Å². The first-order chi connectivity index (χ1) is 15.0. The molecule has 2 saturated heterocycles. The second kappa shape index (κ2) is 11.4. The Morgan fingerprint density at radius 1 is 0.688 bits per heavy atom. The molecular weight excluding hydrogens is 440 g/mol. The van der Waals surface area contributed by atoms with Crippen LogP contribution in [0.4, 0.5) is 0 Å². The minimum atomic E-state index is -0.977. The minimum Gasteiger partial charge on any atom is -0.481 e. The third-order valence-electron chi connectivity index (χ3n) is 5.46. The third kappa shape index (κ3) is 5.56. The van der Waals surface area contributed by atoms with Crippen LogP contribution in [0.1, 0.15) is 25.7 Å². The van der Waals surface area contributed by atoms with Gasteiger partial charge in [0.25, 0.3) is 0 Å². The maximum absolute atomic E-state index is 11.4. The number of carboxylic acid groups (broad SMARTS) is 2. The Morgan fingerprint density at radius 3 is 1.28 bits per heavy atom. The molecule has 2 aliphatic carbocycles. The highest BCUT2D eigenvalue weighted by atomic mass is 16.6. The van der Waals surface area contributed by atoms with Gasteiger partial charge in [-0.3, -0.25) is 28.8 Å². The number of hydrogen-bond acceptors (Lipinski definition) is 12. The molecule has 4 aliphatic rings. The number of carbonyl (C=O) groups excluding carboxylic acids is 8. The van der Waals surface area contributed by atoms with Crippen LogP contribution in [-0.4, -0.2) is 58.3 Å². The van der Waals surface area contributed by atoms with Crippen LogP contribution in [0.3, 0.4) is 0 Å². The van der Waals surface area contributed by atoms with Gasteiger partial charge >= 0.3 is 48.1 Å². The highest BCUT2D eigenvalue weighted by Gasteiger charge is 2.64. The molecule has 14 nitrogen and oxygen atoms in total. The largest absolute Gasteiger partial charge is 0.481 e. The topological polar surface area (TPSA) is 230 Å². The summed E-state index contributed by atoms with van der Waals surface area (Å²) < 4.78 is 8.94. The lowest BCUT2D eigenvalue weighted by atomic mass is 9.83. The van der Waals surface area contributed by atoms with Crippen LogP contribution in [0.15, 0.2) is 0 Å². The molecule has 0 aromatic rings. The van der Waals surface area contributed by atoms with E-state index in [2.05, 4.69) is 9.47 Å². The van der Waals surface area contributed by atoms with Crippen LogP contribution >= 0.6 is 0 Å². The monoisotopic (exact) mass is 456 g/mol. The third-order valence-corrected chi connectivity index (χ3v) is 5.46. The van der Waals surface area contributed by atoms with Gasteiger partial charge < -0.3 is 19.7 Å². The molecule has 4 bridgehead atoms. The van der Waals surface area contributed by atoms with Crippen molar-refractivity contribution >= 4 is 48.1 Å². The van der Waals surface area contributed by atoms with Crippen LogP contribution in [-0.2, 0) is 57.4 Å². The molecule has 2 N–H and O–H groups in total. The lowest BCUT2D eigenvalue weighted by Crippen LogP contribution is -2.47. The number of ether oxygens (including phenoxy) is 2. The summed E-state index contributed by atoms with van der Waals surface area (Å²) in [6.07, 6.45) is 2.41. The fraction of sp³-hybridized carbons (Fsp3) is 0.556. The van der Waals surface area contributed by atoms with Gasteiger partial charge in [0.05, 0.1) is 35.5 Å². The zero-order chi connectivity index (χ0) is 24.6. The standard InChI is InChI=1S/C9H6O6.C7H10O4.2CO2/c10-6-2-1-3-5(9(13)14-6)4(2)8(12)15-7(3)11;8-6(9)4-2-1-3-5(4)7(10)11;2*2-1-3/h2-5H,1H2;4-5H,1-3H2,(H,8,9)(H,10,11);;. The molecule has 0 spiro atoms. The van der Waals surface area contributed by atoms with Gasteiger partial charge in [0.1, 0.15) is 0 Å². The van der Waals surface area contributed by atoms with Gasteiger partial charge in [-0.25, -0.2) is 0 Å². The number of esters is 4. The van der Waals surface area contributed by atoms with E-state index in [1.807, 2.05) is 0 Å². The molecule has 2 aliphatic heterocycles. The summed E-state index contributed by atoms with van der Waals surface area (Å²) in [7, 11) is 0. The van der Waals surface area contributed by atoms with E-state index < -0.39 is 71.3 Å². The van der Waals surface area contributed by atoms with Gasteiger partial charge in [-0.15, -0.1) is 0 Å². The van der Waals surface area contributed by atoms with Gasteiger partial charge in [-0.05, 0) is 19.3 Å². The summed E-state index contributed by atoms with van der Waals surface area (Å²) in [5.41, 5.74) is 0. The first-order valence-electron chi connectivity index (χ1n) is 9.00. The van der Waals surface area contributed by atoms with E-state index in [1.165, 1.54) is 0 Å². The molecule has 0 amide bonds. The molecule has 6 atom stereocenters. The number of carbonyl (C=O) groups is 6. The molecule has 4 fully saturated rings. The van der Waals surface area contributed by atoms with Crippen molar-refractivity contribution in [1.29, 1.82) is 0 Å². The van der Waals surface area contributed by atoms with E-state index in [4.69, 9.17) is 29.4 Å². The summed E-state index contributed by atoms with van der Waals surface area (Å²) in [4.78, 5) is 98.7. The molecule has 0 radical (unpaired) electrons.